The van der Waals surface area contributed by atoms with Gasteiger partial charge in [-0.25, -0.2) is 9.97 Å². The first-order valence-electron chi connectivity index (χ1n) is 12.1. The van der Waals surface area contributed by atoms with Gasteiger partial charge in [-0.05, 0) is 61.2 Å². The minimum Gasteiger partial charge on any atom is -0.396 e. The average Bonchev–Trinajstić information content (AvgIpc) is 3.65. The van der Waals surface area contributed by atoms with Crippen LogP contribution in [0, 0.1) is 35.5 Å². The molecule has 4 aliphatic rings. The first-order chi connectivity index (χ1) is 16.1. The van der Waals surface area contributed by atoms with Gasteiger partial charge in [-0.15, -0.1) is 11.6 Å². The van der Waals surface area contributed by atoms with Gasteiger partial charge in [0, 0.05) is 45.5 Å². The summed E-state index contributed by atoms with van der Waals surface area (Å²) in [4.78, 5) is 8.22. The zero-order chi connectivity index (χ0) is 23.2. The zero-order valence-electron chi connectivity index (χ0n) is 19.8. The predicted octanol–water partition coefficient (Wildman–Crippen LogP) is 5.13. The van der Waals surface area contributed by atoms with Gasteiger partial charge < -0.3 is 19.0 Å². The zero-order valence-corrected chi connectivity index (χ0v) is 20.5. The fourth-order valence-corrected chi connectivity index (χ4v) is 5.81. The van der Waals surface area contributed by atoms with Crippen LogP contribution >= 0.6 is 11.6 Å². The molecule has 0 amide bonds. The number of aliphatic hydroxyl groups excluding tert-OH is 1. The van der Waals surface area contributed by atoms with Gasteiger partial charge in [0.25, 0.3) is 0 Å². The Bertz CT molecular complexity index is 937. The number of alkyl halides is 1. The van der Waals surface area contributed by atoms with Crippen molar-refractivity contribution in [2.75, 3.05) is 13.2 Å². The van der Waals surface area contributed by atoms with E-state index in [9.17, 15) is 0 Å². The Morgan fingerprint density at radius 3 is 1.79 bits per heavy atom. The highest BCUT2D eigenvalue weighted by Gasteiger charge is 2.35. The van der Waals surface area contributed by atoms with E-state index in [-0.39, 0.29) is 7.43 Å². The number of hydrogen-bond acceptors (Lipinski definition) is 4. The molecule has 4 aliphatic carbocycles. The minimum atomic E-state index is 0. The highest BCUT2D eigenvalue weighted by Crippen LogP contribution is 2.44. The number of imidazole rings is 2. The van der Waals surface area contributed by atoms with E-state index >= 15 is 0 Å². The number of aliphatic hydroxyl groups is 1. The number of hydrogen-bond donors (Lipinski definition) is 1. The Morgan fingerprint density at radius 1 is 0.882 bits per heavy atom. The third kappa shape index (κ3) is 6.61. The molecule has 7 heteroatoms. The number of aromatic nitrogens is 4. The number of ether oxygens (including phenoxy) is 1. The van der Waals surface area contributed by atoms with Crippen molar-refractivity contribution in [1.82, 2.24) is 19.1 Å². The lowest BCUT2D eigenvalue weighted by Gasteiger charge is -2.17. The highest BCUT2D eigenvalue weighted by atomic mass is 35.5. The monoisotopic (exact) mass is 488 g/mol. The van der Waals surface area contributed by atoms with E-state index in [0.29, 0.717) is 25.0 Å². The largest absolute Gasteiger partial charge is 0.396 e. The van der Waals surface area contributed by atoms with Gasteiger partial charge in [-0.3, -0.25) is 0 Å². The Labute approximate surface area is 209 Å². The molecule has 0 radical (unpaired) electrons. The molecule has 34 heavy (non-hydrogen) atoms. The normalized spacial score (nSPS) is 29.4. The van der Waals surface area contributed by atoms with E-state index in [1.54, 1.807) is 6.20 Å². The molecule has 2 heterocycles. The lowest BCUT2D eigenvalue weighted by Crippen LogP contribution is -2.15. The predicted molar refractivity (Wildman–Crippen MR) is 137 cm³/mol. The maximum absolute atomic E-state index is 8.85. The summed E-state index contributed by atoms with van der Waals surface area (Å²) >= 11 is 5.49. The van der Waals surface area contributed by atoms with E-state index in [0.717, 1.165) is 47.8 Å². The molecule has 2 saturated carbocycles. The van der Waals surface area contributed by atoms with Crippen LogP contribution in [0.15, 0.2) is 49.1 Å². The fraction of sp³-hybridized carbons (Fsp3) is 0.630. The van der Waals surface area contributed by atoms with Crippen LogP contribution in [-0.2, 0) is 31.3 Å². The highest BCUT2D eigenvalue weighted by molar-refractivity contribution is 6.16. The lowest BCUT2D eigenvalue weighted by atomic mass is 9.95. The molecule has 0 aromatic carbocycles. The molecular weight excluding hydrogens is 448 g/mol. The van der Waals surface area contributed by atoms with Crippen LogP contribution in [0.2, 0.25) is 0 Å². The maximum atomic E-state index is 8.85. The Morgan fingerprint density at radius 2 is 1.44 bits per heavy atom. The first-order valence-corrected chi connectivity index (χ1v) is 12.6. The topological polar surface area (TPSA) is 65.1 Å². The number of halogens is 1. The second-order valence-corrected chi connectivity index (χ2v) is 10.1. The smallest absolute Gasteiger partial charge is 0.134 e. The minimum absolute atomic E-state index is 0. The summed E-state index contributed by atoms with van der Waals surface area (Å²) in [7, 11) is 3.93. The van der Waals surface area contributed by atoms with Crippen molar-refractivity contribution in [1.29, 1.82) is 0 Å². The van der Waals surface area contributed by atoms with Crippen molar-refractivity contribution in [3.63, 3.8) is 0 Å². The lowest BCUT2D eigenvalue weighted by molar-refractivity contribution is 0.0734. The summed E-state index contributed by atoms with van der Waals surface area (Å²) in [6.07, 6.45) is 21.9. The summed E-state index contributed by atoms with van der Waals surface area (Å²) in [5.41, 5.74) is 0. The number of aryl methyl sites for hydroxylation is 2. The molecule has 6 nitrogen and oxygen atoms in total. The van der Waals surface area contributed by atoms with Gasteiger partial charge in [0.2, 0.25) is 0 Å². The van der Waals surface area contributed by atoms with E-state index in [1.807, 2.05) is 41.8 Å². The SMILES string of the molecule is C.Cn1ccnc1CCl.Cn1ccnc1COCC1CC2C=CC1C2.OCC1CC2C=CC1C2. The average molecular weight is 489 g/mol. The van der Waals surface area contributed by atoms with Gasteiger partial charge >= 0.3 is 0 Å². The third-order valence-electron chi connectivity index (χ3n) is 7.59. The number of fused-ring (bicyclic) bond motifs is 4. The molecule has 6 unspecified atom stereocenters. The quantitative estimate of drug-likeness (QED) is 0.452. The second kappa shape index (κ2) is 12.7. The summed E-state index contributed by atoms with van der Waals surface area (Å²) in [6, 6.07) is 0. The van der Waals surface area contributed by atoms with Crippen LogP contribution in [0.4, 0.5) is 0 Å². The fourth-order valence-electron chi connectivity index (χ4n) is 5.55. The molecule has 2 aromatic heterocycles. The van der Waals surface area contributed by atoms with Crippen LogP contribution in [0.25, 0.3) is 0 Å². The summed E-state index contributed by atoms with van der Waals surface area (Å²) in [5.74, 6) is 6.91. The molecule has 6 rings (SSSR count). The van der Waals surface area contributed by atoms with Crippen LogP contribution in [0.5, 0.6) is 0 Å². The Balaban J connectivity index is 0.000000154. The van der Waals surface area contributed by atoms with Crippen molar-refractivity contribution < 1.29 is 9.84 Å². The van der Waals surface area contributed by atoms with Gasteiger partial charge in [-0.2, -0.15) is 0 Å². The van der Waals surface area contributed by atoms with Crippen LogP contribution < -0.4 is 0 Å². The third-order valence-corrected chi connectivity index (χ3v) is 7.83. The number of nitrogens with zero attached hydrogens (tertiary/aromatic N) is 4. The van der Waals surface area contributed by atoms with Crippen LogP contribution in [0.1, 0.15) is 44.8 Å². The van der Waals surface area contributed by atoms with E-state index < -0.39 is 0 Å². The van der Waals surface area contributed by atoms with Gasteiger partial charge in [0.1, 0.15) is 18.3 Å². The molecule has 6 atom stereocenters. The first kappa shape index (κ1) is 26.7. The van der Waals surface area contributed by atoms with Crippen molar-refractivity contribution in [3.05, 3.63) is 60.7 Å². The maximum Gasteiger partial charge on any atom is 0.134 e. The molecule has 4 bridgehead atoms. The van der Waals surface area contributed by atoms with E-state index in [4.69, 9.17) is 21.4 Å². The van der Waals surface area contributed by atoms with Gasteiger partial charge in [0.15, 0.2) is 0 Å². The molecule has 0 saturated heterocycles. The molecule has 0 spiro atoms. The molecule has 1 N–H and O–H groups in total. The number of allylic oxidation sites excluding steroid dienone is 4. The van der Waals surface area contributed by atoms with E-state index in [2.05, 4.69) is 34.3 Å². The second-order valence-electron chi connectivity index (χ2n) is 9.82. The molecule has 2 aromatic rings. The number of rotatable bonds is 6. The molecular formula is C27H41ClN4O2. The molecule has 2 fully saturated rings. The summed E-state index contributed by atoms with van der Waals surface area (Å²) < 4.78 is 9.69. The van der Waals surface area contributed by atoms with Gasteiger partial charge in [0.05, 0.1) is 12.5 Å². The summed E-state index contributed by atoms with van der Waals surface area (Å²) in [6.45, 7) is 1.92. The molecule has 0 aliphatic heterocycles. The van der Waals surface area contributed by atoms with E-state index in [1.165, 1.54) is 25.7 Å². The Hall–Kier alpha value is -1.89. The van der Waals surface area contributed by atoms with Crippen LogP contribution in [0.3, 0.4) is 0 Å². The van der Waals surface area contributed by atoms with Crippen molar-refractivity contribution in [2.24, 2.45) is 49.6 Å². The van der Waals surface area contributed by atoms with Crippen molar-refractivity contribution in [2.45, 2.75) is 45.6 Å². The van der Waals surface area contributed by atoms with Crippen LogP contribution in [-0.4, -0.2) is 37.4 Å². The van der Waals surface area contributed by atoms with Crippen molar-refractivity contribution in [3.8, 4) is 0 Å². The summed E-state index contributed by atoms with van der Waals surface area (Å²) in [5, 5.41) is 8.85. The van der Waals surface area contributed by atoms with Crippen molar-refractivity contribution >= 4 is 11.6 Å². The Kier molecular flexibility index (Phi) is 9.98. The molecule has 188 valence electrons. The standard InChI is InChI=1S/C13H18N2O.C8H12O.C5H7ClN2.CH4/c1-15-5-4-14-13(15)9-16-8-12-7-10-2-3-11(12)6-10;9-5-8-4-6-1-2-7(8)3-6;1-8-3-2-7-5(8)4-6;/h2-5,10-12H,6-9H2,1H3;1-2,6-9H,3-5H2;2-3H,4H2,1H3;1H4. The van der Waals surface area contributed by atoms with Gasteiger partial charge in [-0.1, -0.05) is 31.7 Å².